The highest BCUT2D eigenvalue weighted by Crippen LogP contribution is 2.20. The molecule has 1 aromatic rings. The molecule has 3 rings (SSSR count). The number of benzene rings is 1. The zero-order valence-corrected chi connectivity index (χ0v) is 18.1. The normalized spacial score (nSPS) is 23.1. The molecule has 0 spiro atoms. The molecule has 2 unspecified atom stereocenters. The van der Waals surface area contributed by atoms with Crippen molar-refractivity contribution in [1.29, 1.82) is 0 Å². The largest absolute Gasteiger partial charge is 0.377 e. The number of likely N-dealkylation sites (tertiary alicyclic amines) is 1. The minimum Gasteiger partial charge on any atom is -0.377 e. The lowest BCUT2D eigenvalue weighted by Crippen LogP contribution is -2.41. The Morgan fingerprint density at radius 3 is 2.88 bits per heavy atom. The first kappa shape index (κ1) is 21.4. The minimum absolute atomic E-state index is 0. The van der Waals surface area contributed by atoms with Gasteiger partial charge in [-0.15, -0.1) is 24.0 Å². The lowest BCUT2D eigenvalue weighted by Gasteiger charge is -2.22. The number of aliphatic imine (C=N–C) groups is 1. The summed E-state index contributed by atoms with van der Waals surface area (Å²) in [6, 6.07) is 10.8. The van der Waals surface area contributed by atoms with Gasteiger partial charge in [-0.3, -0.25) is 4.99 Å². The van der Waals surface area contributed by atoms with Crippen LogP contribution in [-0.4, -0.2) is 63.5 Å². The van der Waals surface area contributed by atoms with E-state index in [9.17, 15) is 0 Å². The zero-order chi connectivity index (χ0) is 17.3. The summed E-state index contributed by atoms with van der Waals surface area (Å²) in [6.07, 6.45) is 4.98. The van der Waals surface area contributed by atoms with Crippen LogP contribution in [0.2, 0.25) is 0 Å². The van der Waals surface area contributed by atoms with Gasteiger partial charge in [0.2, 0.25) is 0 Å². The van der Waals surface area contributed by atoms with Gasteiger partial charge in [-0.2, -0.15) is 0 Å². The molecule has 0 aliphatic carbocycles. The number of nitrogens with one attached hydrogen (secondary N) is 1. The van der Waals surface area contributed by atoms with E-state index in [2.05, 4.69) is 45.5 Å². The Morgan fingerprint density at radius 1 is 1.31 bits per heavy atom. The minimum atomic E-state index is 0. The van der Waals surface area contributed by atoms with Crippen LogP contribution in [0, 0.1) is 5.92 Å². The fourth-order valence-corrected chi connectivity index (χ4v) is 3.70. The lowest BCUT2D eigenvalue weighted by atomic mass is 9.99. The van der Waals surface area contributed by atoms with E-state index in [4.69, 9.17) is 9.47 Å². The quantitative estimate of drug-likeness (QED) is 0.286. The van der Waals surface area contributed by atoms with Crippen molar-refractivity contribution >= 4 is 29.9 Å². The smallest absolute Gasteiger partial charge is 0.193 e. The van der Waals surface area contributed by atoms with Crippen molar-refractivity contribution in [2.24, 2.45) is 10.9 Å². The highest BCUT2D eigenvalue weighted by Gasteiger charge is 2.24. The van der Waals surface area contributed by atoms with Gasteiger partial charge in [0.25, 0.3) is 0 Å². The van der Waals surface area contributed by atoms with Crippen LogP contribution < -0.4 is 5.32 Å². The van der Waals surface area contributed by atoms with Gasteiger partial charge >= 0.3 is 0 Å². The molecule has 2 aliphatic heterocycles. The first-order valence-corrected chi connectivity index (χ1v) is 9.54. The van der Waals surface area contributed by atoms with E-state index in [-0.39, 0.29) is 24.0 Å². The van der Waals surface area contributed by atoms with Crippen molar-refractivity contribution in [3.8, 4) is 0 Å². The second kappa shape index (κ2) is 11.8. The molecule has 26 heavy (non-hydrogen) atoms. The first-order valence-electron chi connectivity index (χ1n) is 9.54. The fourth-order valence-electron chi connectivity index (χ4n) is 3.70. The van der Waals surface area contributed by atoms with Gasteiger partial charge in [-0.05, 0) is 37.2 Å². The van der Waals surface area contributed by atoms with Crippen LogP contribution in [0.5, 0.6) is 0 Å². The van der Waals surface area contributed by atoms with Crippen molar-refractivity contribution in [1.82, 2.24) is 10.2 Å². The first-order chi connectivity index (χ1) is 12.3. The predicted octanol–water partition coefficient (Wildman–Crippen LogP) is 2.94. The third kappa shape index (κ3) is 6.70. The maximum Gasteiger partial charge on any atom is 0.193 e. The third-order valence-electron chi connectivity index (χ3n) is 5.02. The number of nitrogens with zero attached hydrogens (tertiary/aromatic N) is 2. The Hall–Kier alpha value is -0.860. The van der Waals surface area contributed by atoms with Gasteiger partial charge in [-0.25, -0.2) is 0 Å². The van der Waals surface area contributed by atoms with E-state index < -0.39 is 0 Å². The van der Waals surface area contributed by atoms with Gasteiger partial charge in [0, 0.05) is 33.3 Å². The molecule has 5 nitrogen and oxygen atoms in total. The molecular weight excluding hydrogens is 441 g/mol. The van der Waals surface area contributed by atoms with Crippen molar-refractivity contribution in [3.63, 3.8) is 0 Å². The summed E-state index contributed by atoms with van der Waals surface area (Å²) in [4.78, 5) is 6.81. The standard InChI is InChI=1S/C20H31N3O2.HI/c1-21-20(22-10-13-24-16-19-8-5-12-25-19)23-11-9-18(15-23)14-17-6-3-2-4-7-17;/h2-4,6-7,18-19H,5,8-16H2,1H3,(H,21,22);1H. The Bertz CT molecular complexity index is 535. The van der Waals surface area contributed by atoms with Crippen LogP contribution in [0.3, 0.4) is 0 Å². The highest BCUT2D eigenvalue weighted by atomic mass is 127. The average molecular weight is 473 g/mol. The second-order valence-electron chi connectivity index (χ2n) is 6.97. The van der Waals surface area contributed by atoms with Gasteiger partial charge in [0.15, 0.2) is 5.96 Å². The summed E-state index contributed by atoms with van der Waals surface area (Å²) in [6.45, 7) is 5.24. The molecule has 0 radical (unpaired) electrons. The molecule has 0 amide bonds. The fraction of sp³-hybridized carbons (Fsp3) is 0.650. The molecule has 2 fully saturated rings. The number of halogens is 1. The Kier molecular flexibility index (Phi) is 9.71. The van der Waals surface area contributed by atoms with Gasteiger partial charge in [0.05, 0.1) is 19.3 Å². The van der Waals surface area contributed by atoms with E-state index in [1.54, 1.807) is 0 Å². The van der Waals surface area contributed by atoms with Gasteiger partial charge in [-0.1, -0.05) is 30.3 Å². The Morgan fingerprint density at radius 2 is 2.15 bits per heavy atom. The van der Waals surface area contributed by atoms with E-state index in [0.29, 0.717) is 25.2 Å². The van der Waals surface area contributed by atoms with Crippen molar-refractivity contribution in [2.75, 3.05) is 46.5 Å². The van der Waals surface area contributed by atoms with Crippen LogP contribution in [0.15, 0.2) is 35.3 Å². The van der Waals surface area contributed by atoms with Crippen LogP contribution in [0.1, 0.15) is 24.8 Å². The Balaban J connectivity index is 0.00000243. The van der Waals surface area contributed by atoms with Crippen LogP contribution in [-0.2, 0) is 15.9 Å². The number of rotatable bonds is 7. The molecule has 2 saturated heterocycles. The second-order valence-corrected chi connectivity index (χ2v) is 6.97. The molecule has 6 heteroatoms. The highest BCUT2D eigenvalue weighted by molar-refractivity contribution is 14.0. The number of hydrogen-bond donors (Lipinski definition) is 1. The van der Waals surface area contributed by atoms with E-state index in [0.717, 1.165) is 51.5 Å². The number of ether oxygens (including phenoxy) is 2. The Labute approximate surface area is 174 Å². The van der Waals surface area contributed by atoms with Gasteiger partial charge in [0.1, 0.15) is 0 Å². The molecule has 1 aromatic carbocycles. The van der Waals surface area contributed by atoms with Crippen molar-refractivity contribution in [3.05, 3.63) is 35.9 Å². The monoisotopic (exact) mass is 473 g/mol. The average Bonchev–Trinajstić information content (AvgIpc) is 3.31. The van der Waals surface area contributed by atoms with Crippen molar-refractivity contribution < 1.29 is 9.47 Å². The predicted molar refractivity (Wildman–Crippen MR) is 116 cm³/mol. The maximum absolute atomic E-state index is 5.71. The molecule has 2 aliphatic rings. The summed E-state index contributed by atoms with van der Waals surface area (Å²) in [5, 5.41) is 3.43. The molecule has 1 N–H and O–H groups in total. The van der Waals surface area contributed by atoms with E-state index >= 15 is 0 Å². The number of guanidine groups is 1. The van der Waals surface area contributed by atoms with Gasteiger partial charge < -0.3 is 19.7 Å². The molecule has 0 bridgehead atoms. The molecular formula is C20H32IN3O2. The third-order valence-corrected chi connectivity index (χ3v) is 5.02. The SMILES string of the molecule is CN=C(NCCOCC1CCCO1)N1CCC(Cc2ccccc2)C1.I. The van der Waals surface area contributed by atoms with Crippen molar-refractivity contribution in [2.45, 2.75) is 31.8 Å². The van der Waals surface area contributed by atoms with Crippen LogP contribution >= 0.6 is 24.0 Å². The topological polar surface area (TPSA) is 46.1 Å². The van der Waals surface area contributed by atoms with E-state index in [1.165, 1.54) is 12.0 Å². The summed E-state index contributed by atoms with van der Waals surface area (Å²) in [7, 11) is 1.86. The molecule has 0 aromatic heterocycles. The molecule has 0 saturated carbocycles. The van der Waals surface area contributed by atoms with Crippen LogP contribution in [0.4, 0.5) is 0 Å². The summed E-state index contributed by atoms with van der Waals surface area (Å²) >= 11 is 0. The summed E-state index contributed by atoms with van der Waals surface area (Å²) in [5.74, 6) is 1.70. The van der Waals surface area contributed by atoms with Crippen LogP contribution in [0.25, 0.3) is 0 Å². The zero-order valence-electron chi connectivity index (χ0n) is 15.7. The molecule has 146 valence electrons. The lowest BCUT2D eigenvalue weighted by molar-refractivity contribution is 0.0190. The van der Waals surface area contributed by atoms with E-state index in [1.807, 2.05) is 7.05 Å². The number of hydrogen-bond acceptors (Lipinski definition) is 3. The summed E-state index contributed by atoms with van der Waals surface area (Å²) < 4.78 is 11.3. The maximum atomic E-state index is 5.71. The molecule has 2 atom stereocenters. The summed E-state index contributed by atoms with van der Waals surface area (Å²) in [5.41, 5.74) is 1.43. The molecule has 2 heterocycles.